The monoisotopic (exact) mass is 347 g/mol. The lowest BCUT2D eigenvalue weighted by Crippen LogP contribution is -1.94. The fourth-order valence-corrected chi connectivity index (χ4v) is 5.52. The van der Waals surface area contributed by atoms with Gasteiger partial charge in [0.15, 0.2) is 3.95 Å². The highest BCUT2D eigenvalue weighted by molar-refractivity contribution is 7.76. The lowest BCUT2D eigenvalue weighted by Gasteiger charge is -2.00. The smallest absolute Gasteiger partial charge is 0.160 e. The van der Waals surface area contributed by atoms with Crippen LogP contribution in [0.4, 0.5) is 0 Å². The van der Waals surface area contributed by atoms with Gasteiger partial charge in [0.25, 0.3) is 0 Å². The van der Waals surface area contributed by atoms with Gasteiger partial charge in [0.1, 0.15) is 13.5 Å². The molecule has 1 N–H and O–H groups in total. The Kier molecular flexibility index (Phi) is 3.04. The summed E-state index contributed by atoms with van der Waals surface area (Å²) in [6, 6.07) is 10.1. The molecule has 0 saturated carbocycles. The Morgan fingerprint density at radius 3 is 2.62 bits per heavy atom. The van der Waals surface area contributed by atoms with Crippen LogP contribution in [0.15, 0.2) is 30.3 Å². The first-order chi connectivity index (χ1) is 10.1. The highest BCUT2D eigenvalue weighted by atomic mass is 32.2. The third-order valence-electron chi connectivity index (χ3n) is 3.30. The SMILES string of the molecule is Cc1nn(-c2ccccc2)c2sc3[nH]c(=S)sc(=S)c3c12. The van der Waals surface area contributed by atoms with E-state index in [1.54, 1.807) is 11.3 Å². The van der Waals surface area contributed by atoms with Gasteiger partial charge in [0, 0.05) is 10.8 Å². The van der Waals surface area contributed by atoms with Crippen molar-refractivity contribution in [3.05, 3.63) is 43.8 Å². The van der Waals surface area contributed by atoms with Gasteiger partial charge in [-0.05, 0) is 31.3 Å². The van der Waals surface area contributed by atoms with Crippen LogP contribution >= 0.6 is 47.1 Å². The summed E-state index contributed by atoms with van der Waals surface area (Å²) in [6.07, 6.45) is 0. The van der Waals surface area contributed by atoms with E-state index >= 15 is 0 Å². The summed E-state index contributed by atoms with van der Waals surface area (Å²) >= 11 is 13.8. The molecular weight excluding hydrogens is 338 g/mol. The van der Waals surface area contributed by atoms with Crippen molar-refractivity contribution in [1.29, 1.82) is 0 Å². The first kappa shape index (κ1) is 13.3. The average molecular weight is 348 g/mol. The lowest BCUT2D eigenvalue weighted by atomic mass is 10.2. The summed E-state index contributed by atoms with van der Waals surface area (Å²) in [5, 5.41) is 6.88. The van der Waals surface area contributed by atoms with Gasteiger partial charge in [0.05, 0.1) is 11.4 Å². The Morgan fingerprint density at radius 1 is 1.10 bits per heavy atom. The first-order valence-corrected chi connectivity index (χ1v) is 8.71. The molecule has 0 atom stereocenters. The first-order valence-electron chi connectivity index (χ1n) is 6.26. The fourth-order valence-electron chi connectivity index (χ4n) is 2.43. The minimum absolute atomic E-state index is 0.716. The van der Waals surface area contributed by atoms with E-state index in [0.717, 1.165) is 35.6 Å². The van der Waals surface area contributed by atoms with E-state index in [0.29, 0.717) is 3.95 Å². The number of rotatable bonds is 1. The van der Waals surface area contributed by atoms with Gasteiger partial charge >= 0.3 is 0 Å². The van der Waals surface area contributed by atoms with Gasteiger partial charge in [-0.1, -0.05) is 53.1 Å². The van der Waals surface area contributed by atoms with Crippen LogP contribution in [0.25, 0.3) is 26.1 Å². The second kappa shape index (κ2) is 4.81. The van der Waals surface area contributed by atoms with Crippen molar-refractivity contribution < 1.29 is 0 Å². The van der Waals surface area contributed by atoms with Crippen molar-refractivity contribution in [1.82, 2.24) is 14.8 Å². The van der Waals surface area contributed by atoms with Crippen LogP contribution in [0.2, 0.25) is 0 Å². The van der Waals surface area contributed by atoms with Crippen molar-refractivity contribution in [2.24, 2.45) is 0 Å². The maximum Gasteiger partial charge on any atom is 0.160 e. The standard InChI is InChI=1S/C14H9N3S4/c1-7-9-10-11(15-14(19)21-13(10)18)20-12(9)17(16-7)8-5-3-2-4-6-8/h2-6H,1H3,(H,15,19). The van der Waals surface area contributed by atoms with E-state index < -0.39 is 0 Å². The Morgan fingerprint density at radius 2 is 1.86 bits per heavy atom. The third-order valence-corrected chi connectivity index (χ3v) is 5.86. The number of thiophene rings is 1. The molecule has 0 aliphatic carbocycles. The molecule has 0 bridgehead atoms. The van der Waals surface area contributed by atoms with Gasteiger partial charge in [-0.25, -0.2) is 4.68 Å². The minimum Gasteiger partial charge on any atom is -0.329 e. The molecule has 0 radical (unpaired) electrons. The number of hydrogen-bond donors (Lipinski definition) is 1. The molecule has 3 heterocycles. The molecule has 7 heteroatoms. The second-order valence-electron chi connectivity index (χ2n) is 4.62. The molecule has 0 unspecified atom stereocenters. The van der Waals surface area contributed by atoms with E-state index in [1.807, 2.05) is 29.8 Å². The minimum atomic E-state index is 0.716. The Labute approximate surface area is 138 Å². The van der Waals surface area contributed by atoms with Gasteiger partial charge in [-0.3, -0.25) is 0 Å². The summed E-state index contributed by atoms with van der Waals surface area (Å²) in [6.45, 7) is 2.02. The van der Waals surface area contributed by atoms with Crippen molar-refractivity contribution in [2.75, 3.05) is 0 Å². The number of aryl methyl sites for hydroxylation is 1. The predicted molar refractivity (Wildman–Crippen MR) is 95.1 cm³/mol. The van der Waals surface area contributed by atoms with E-state index in [2.05, 4.69) is 22.2 Å². The number of hydrogen-bond acceptors (Lipinski definition) is 5. The maximum atomic E-state index is 5.51. The molecule has 1 aromatic carbocycles. The topological polar surface area (TPSA) is 33.6 Å². The van der Waals surface area contributed by atoms with Crippen LogP contribution in [-0.4, -0.2) is 14.8 Å². The zero-order chi connectivity index (χ0) is 14.6. The van der Waals surface area contributed by atoms with E-state index in [-0.39, 0.29) is 0 Å². The second-order valence-corrected chi connectivity index (χ2v) is 7.97. The van der Waals surface area contributed by atoms with Gasteiger partial charge < -0.3 is 4.98 Å². The van der Waals surface area contributed by atoms with Gasteiger partial charge in [-0.2, -0.15) is 5.10 Å². The number of para-hydroxylation sites is 1. The summed E-state index contributed by atoms with van der Waals surface area (Å²) in [5.74, 6) is 0. The lowest BCUT2D eigenvalue weighted by molar-refractivity contribution is 0.894. The van der Waals surface area contributed by atoms with E-state index in [1.165, 1.54) is 11.3 Å². The van der Waals surface area contributed by atoms with Crippen molar-refractivity contribution in [3.8, 4) is 5.69 Å². The molecule has 3 nitrogen and oxygen atoms in total. The van der Waals surface area contributed by atoms with Crippen LogP contribution in [0, 0.1) is 14.7 Å². The molecule has 0 saturated heterocycles. The highest BCUT2D eigenvalue weighted by Crippen LogP contribution is 2.37. The molecule has 0 spiro atoms. The molecule has 3 aromatic heterocycles. The number of aromatic amines is 1. The number of fused-ring (bicyclic) bond motifs is 3. The largest absolute Gasteiger partial charge is 0.329 e. The van der Waals surface area contributed by atoms with Crippen LogP contribution in [0.3, 0.4) is 0 Å². The van der Waals surface area contributed by atoms with E-state index in [4.69, 9.17) is 24.4 Å². The summed E-state index contributed by atoms with van der Waals surface area (Å²) < 4.78 is 3.52. The number of benzene rings is 1. The fraction of sp³-hybridized carbons (Fsp3) is 0.0714. The maximum absolute atomic E-state index is 5.51. The van der Waals surface area contributed by atoms with Crippen molar-refractivity contribution in [2.45, 2.75) is 6.92 Å². The Balaban J connectivity index is 2.20. The highest BCUT2D eigenvalue weighted by Gasteiger charge is 2.17. The number of nitrogens with one attached hydrogen (secondary N) is 1. The molecule has 0 amide bonds. The molecular formula is C14H9N3S4. The Hall–Kier alpha value is -1.41. The van der Waals surface area contributed by atoms with Crippen molar-refractivity contribution in [3.63, 3.8) is 0 Å². The van der Waals surface area contributed by atoms with Gasteiger partial charge in [0.2, 0.25) is 0 Å². The number of aromatic nitrogens is 3. The van der Waals surface area contributed by atoms with Crippen LogP contribution in [0.1, 0.15) is 5.69 Å². The number of H-pyrrole nitrogens is 1. The predicted octanol–water partition coefficient (Wildman–Crippen LogP) is 5.40. The van der Waals surface area contributed by atoms with Gasteiger partial charge in [-0.15, -0.1) is 0 Å². The van der Waals surface area contributed by atoms with Crippen LogP contribution in [0.5, 0.6) is 0 Å². The average Bonchev–Trinajstić information content (AvgIpc) is 2.97. The number of nitrogens with zero attached hydrogens (tertiary/aromatic N) is 2. The summed E-state index contributed by atoms with van der Waals surface area (Å²) in [7, 11) is 0. The quantitative estimate of drug-likeness (QED) is 0.468. The molecule has 21 heavy (non-hydrogen) atoms. The van der Waals surface area contributed by atoms with Crippen LogP contribution < -0.4 is 0 Å². The third kappa shape index (κ3) is 2.00. The molecule has 0 aliphatic rings. The molecule has 0 aliphatic heterocycles. The van der Waals surface area contributed by atoms with Crippen molar-refractivity contribution >= 4 is 67.5 Å². The zero-order valence-electron chi connectivity index (χ0n) is 10.9. The zero-order valence-corrected chi connectivity index (χ0v) is 14.2. The summed E-state index contributed by atoms with van der Waals surface area (Å²) in [5.41, 5.74) is 2.04. The van der Waals surface area contributed by atoms with E-state index in [9.17, 15) is 0 Å². The normalized spacial score (nSPS) is 11.5. The molecule has 104 valence electrons. The van der Waals surface area contributed by atoms with Crippen LogP contribution in [-0.2, 0) is 0 Å². The molecule has 4 rings (SSSR count). The summed E-state index contributed by atoms with van der Waals surface area (Å²) in [4.78, 5) is 5.39. The molecule has 0 fully saturated rings. The molecule has 4 aromatic rings. The Bertz CT molecular complexity index is 1080.